The van der Waals surface area contributed by atoms with Crippen LogP contribution in [0.2, 0.25) is 0 Å². The minimum absolute atomic E-state index is 0.167. The van der Waals surface area contributed by atoms with E-state index in [0.717, 1.165) is 140 Å². The van der Waals surface area contributed by atoms with Gasteiger partial charge in [-0.15, -0.1) is 0 Å². The summed E-state index contributed by atoms with van der Waals surface area (Å²) in [7, 11) is -14.9. The molecular formula is C124H85N11O8S4. The SMILES string of the molecule is CCc1nc2cccc3c2n1-c1ccc(-c2nc4ccccc4c4nc5ccccc5n24)cc1S3(=O)=O.CCc1nc2cccc3c2n1-c1ccc(/C=C/c2ccccc2)cc1S3(=O)=O.O=S1(=O)c2cc(-c3c4ccccc4c(-c4ccccc4)c4ccccc34)ccc2-n2c(-c3ccccc3)nc3cccc1c32.[2H]c1c([2H])c([2H])c(-c2ccc(-c3ccc(-c4ccc5c(c4)S(=O)(=O)c4cccc6nc(CC)n-5c46)cc3)cc2)c([2H])c1[2H]. The number of rotatable bonds is 12. The van der Waals surface area contributed by atoms with Crippen LogP contribution in [-0.4, -0.2) is 86.2 Å². The van der Waals surface area contributed by atoms with E-state index < -0.39 is 45.4 Å². The Morgan fingerprint density at radius 1 is 0.245 bits per heavy atom. The molecule has 4 aliphatic rings. The fraction of sp³-hybridized carbons (Fsp3) is 0.0484. The van der Waals surface area contributed by atoms with Crippen LogP contribution in [0.1, 0.15) is 56.2 Å². The van der Waals surface area contributed by atoms with Gasteiger partial charge in [0.05, 0.1) is 129 Å². The molecule has 4 aliphatic heterocycles. The van der Waals surface area contributed by atoms with Gasteiger partial charge in [-0.25, -0.2) is 63.6 Å². The van der Waals surface area contributed by atoms with Gasteiger partial charge in [0.25, 0.3) is 0 Å². The first-order valence-corrected chi connectivity index (χ1v) is 54.1. The first kappa shape index (κ1) is 83.8. The van der Waals surface area contributed by atoms with E-state index in [1.54, 1.807) is 78.9 Å². The molecule has 6 aromatic heterocycles. The third-order valence-electron chi connectivity index (χ3n) is 28.1. The van der Waals surface area contributed by atoms with Gasteiger partial charge in [0.1, 0.15) is 34.8 Å². The molecule has 0 saturated heterocycles. The minimum atomic E-state index is -3.83. The summed E-state index contributed by atoms with van der Waals surface area (Å²) in [6, 6.07) is 120. The first-order chi connectivity index (χ1) is 73.9. The lowest BCUT2D eigenvalue weighted by Gasteiger charge is -2.23. The van der Waals surface area contributed by atoms with Gasteiger partial charge in [0, 0.05) is 35.8 Å². The quantitative estimate of drug-likeness (QED) is 0.0817. The molecule has 0 spiro atoms. The average molecular weight is 1990 g/mol. The highest BCUT2D eigenvalue weighted by molar-refractivity contribution is 7.93. The van der Waals surface area contributed by atoms with Crippen LogP contribution in [0.5, 0.6) is 0 Å². The molecule has 0 unspecified atom stereocenters. The Morgan fingerprint density at radius 2 is 0.585 bits per heavy atom. The van der Waals surface area contributed by atoms with Crippen LogP contribution in [0.15, 0.2) is 452 Å². The zero-order valence-corrected chi connectivity index (χ0v) is 82.2. The van der Waals surface area contributed by atoms with Crippen molar-refractivity contribution in [2.75, 3.05) is 0 Å². The third-order valence-corrected chi connectivity index (χ3v) is 35.3. The van der Waals surface area contributed by atoms with Crippen LogP contribution in [-0.2, 0) is 58.6 Å². The Balaban J connectivity index is 0.000000103. The predicted molar refractivity (Wildman–Crippen MR) is 584 cm³/mol. The molecular weight excluding hydrogens is 1900 g/mol. The maximum Gasteiger partial charge on any atom is 0.210 e. The molecule has 0 aliphatic carbocycles. The smallest absolute Gasteiger partial charge is 0.210 e. The summed E-state index contributed by atoms with van der Waals surface area (Å²) >= 11 is 0. The molecule has 0 radical (unpaired) electrons. The van der Waals surface area contributed by atoms with Gasteiger partial charge in [-0.2, -0.15) is 0 Å². The Morgan fingerprint density at radius 3 is 1.07 bits per heavy atom. The third kappa shape index (κ3) is 14.4. The summed E-state index contributed by atoms with van der Waals surface area (Å²) < 4.78 is 161. The zero-order valence-electron chi connectivity index (χ0n) is 84.0. The molecule has 19 nitrogen and oxygen atoms in total. The highest BCUT2D eigenvalue weighted by atomic mass is 32.2. The topological polar surface area (TPSA) is 238 Å². The molecule has 29 rings (SSSR count). The highest BCUT2D eigenvalue weighted by Gasteiger charge is 2.40. The molecule has 25 aromatic rings. The monoisotopic (exact) mass is 1990 g/mol. The molecule has 0 amide bonds. The van der Waals surface area contributed by atoms with Gasteiger partial charge in [0.2, 0.25) is 39.3 Å². The number of nitrogens with zero attached hydrogens (tertiary/aromatic N) is 11. The van der Waals surface area contributed by atoms with Crippen molar-refractivity contribution in [3.8, 4) is 101 Å². The lowest BCUT2D eigenvalue weighted by atomic mass is 9.86. The number of fused-ring (bicyclic) bond motifs is 15. The minimum Gasteiger partial charge on any atom is -0.294 e. The second-order valence-corrected chi connectivity index (χ2v) is 43.9. The van der Waals surface area contributed by atoms with E-state index in [2.05, 4.69) is 88.8 Å². The fourth-order valence-corrected chi connectivity index (χ4v) is 28.0. The van der Waals surface area contributed by atoms with Gasteiger partial charge in [-0.1, -0.05) is 318 Å². The zero-order chi connectivity index (χ0) is 104. The highest BCUT2D eigenvalue weighted by Crippen LogP contribution is 2.51. The first-order valence-electron chi connectivity index (χ1n) is 50.7. The Bertz CT molecular complexity index is 10700. The van der Waals surface area contributed by atoms with Crippen molar-refractivity contribution in [3.05, 3.63) is 441 Å². The van der Waals surface area contributed by atoms with Crippen molar-refractivity contribution < 1.29 is 40.5 Å². The largest absolute Gasteiger partial charge is 0.294 e. The Kier molecular flexibility index (Phi) is 19.9. The summed E-state index contributed by atoms with van der Waals surface area (Å²) in [5.41, 5.74) is 23.1. The molecule has 0 fully saturated rings. The number of benzene rings is 19. The standard InChI is InChI=1S/C39H24N2O2S.C33H24N2O2S.C29H19N5O2S.C23H18N2O2S/c42-44(43)34-21-11-20-32-38(34)41(39(40-32)26-14-5-2-6-15-26)33-23-22-27(24-35(33)44)37-30-18-9-7-16-28(30)36(25-12-3-1-4-13-25)29-17-8-10-19-31(29)37;1-2-32-34-28-9-6-10-30-33(28)35(32)29-20-19-27(21-31(29)38(30,36)37)26-17-15-25(16-18-26)24-13-11-23(12-14-24)22-7-4-3-5-8-22;1-2-26-30-21-11-7-13-24-27(21)33(26)23-15-14-17(16-25(23)37(24,35)36)28-31-19-9-4-3-8-18(19)29-32-20-10-5-6-12-22(20)34(28)29;1-2-22-24-18-9-6-10-20-23(18)25(22)19-14-13-17(15-21(19)28(20,26)27)12-11-16-7-4-3-5-8-16/h1-24H;3-21H,2H2,1H3;3-16H,2H2,1H3;3-15H,2H2,1H3/b;;;12-11+/i;3D,4D,5D,7D,8D;;. The van der Waals surface area contributed by atoms with Crippen molar-refractivity contribution in [1.29, 1.82) is 0 Å². The van der Waals surface area contributed by atoms with E-state index in [4.69, 9.17) is 26.8 Å². The summed E-state index contributed by atoms with van der Waals surface area (Å²) in [6.07, 6.45) is 6.00. The molecule has 708 valence electrons. The molecule has 10 heterocycles. The van der Waals surface area contributed by atoms with E-state index in [9.17, 15) is 33.7 Å². The van der Waals surface area contributed by atoms with Gasteiger partial charge in [-0.3, -0.25) is 22.7 Å². The number of aromatic nitrogens is 11. The molecule has 0 saturated carbocycles. The number of aryl methyl sites for hydroxylation is 3. The van der Waals surface area contributed by atoms with Crippen LogP contribution < -0.4 is 0 Å². The van der Waals surface area contributed by atoms with Crippen LogP contribution in [0.3, 0.4) is 0 Å². The molecule has 0 bridgehead atoms. The van der Waals surface area contributed by atoms with E-state index in [1.807, 2.05) is 280 Å². The van der Waals surface area contributed by atoms with Crippen LogP contribution >= 0.6 is 0 Å². The summed E-state index contributed by atoms with van der Waals surface area (Å²) in [5, 5.41) is 5.35. The van der Waals surface area contributed by atoms with Crippen LogP contribution in [0.4, 0.5) is 0 Å². The summed E-state index contributed by atoms with van der Waals surface area (Å²) in [5.74, 6) is 3.88. The van der Waals surface area contributed by atoms with E-state index in [-0.39, 0.29) is 59.1 Å². The van der Waals surface area contributed by atoms with Gasteiger partial charge in [0.15, 0.2) is 0 Å². The van der Waals surface area contributed by atoms with Crippen molar-refractivity contribution in [1.82, 2.24) is 52.6 Å². The summed E-state index contributed by atoms with van der Waals surface area (Å²) in [4.78, 5) is 31.2. The maximum absolute atomic E-state index is 14.3. The molecule has 0 atom stereocenters. The van der Waals surface area contributed by atoms with Gasteiger partial charge in [-0.05, 0) is 216 Å². The molecule has 0 N–H and O–H groups in total. The van der Waals surface area contributed by atoms with Crippen LogP contribution in [0, 0.1) is 0 Å². The summed E-state index contributed by atoms with van der Waals surface area (Å²) in [6.45, 7) is 6.07. The van der Waals surface area contributed by atoms with E-state index in [0.29, 0.717) is 101 Å². The second-order valence-electron chi connectivity index (χ2n) is 36.4. The van der Waals surface area contributed by atoms with E-state index in [1.165, 1.54) is 5.56 Å². The van der Waals surface area contributed by atoms with Crippen molar-refractivity contribution >= 4 is 145 Å². The maximum atomic E-state index is 14.3. The molecule has 147 heavy (non-hydrogen) atoms. The van der Waals surface area contributed by atoms with Crippen molar-refractivity contribution in [3.63, 3.8) is 0 Å². The Labute approximate surface area is 853 Å². The number of sulfone groups is 4. The Hall–Kier alpha value is -17.7. The van der Waals surface area contributed by atoms with Crippen LogP contribution in [0.25, 0.3) is 207 Å². The number of hydrogen-bond donors (Lipinski definition) is 0. The van der Waals surface area contributed by atoms with E-state index >= 15 is 0 Å². The fourth-order valence-electron chi connectivity index (χ4n) is 21.4. The number of hydrogen-bond acceptors (Lipinski definition) is 14. The van der Waals surface area contributed by atoms with Gasteiger partial charge < -0.3 is 0 Å². The lowest BCUT2D eigenvalue weighted by Crippen LogP contribution is -2.16. The van der Waals surface area contributed by atoms with Gasteiger partial charge >= 0.3 is 0 Å². The van der Waals surface area contributed by atoms with Crippen molar-refractivity contribution in [2.45, 2.75) is 79.2 Å². The normalized spacial score (nSPS) is 14.2. The lowest BCUT2D eigenvalue weighted by molar-refractivity contribution is 0.592. The second kappa shape index (κ2) is 34.8. The molecule has 19 aromatic carbocycles. The average Bonchev–Trinajstić information content (AvgIpc) is 1.49. The number of imidazole rings is 5. The molecule has 23 heteroatoms. The number of para-hydroxylation sites is 7. The van der Waals surface area contributed by atoms with Crippen molar-refractivity contribution in [2.24, 2.45) is 0 Å². The predicted octanol–water partition coefficient (Wildman–Crippen LogP) is 27.9.